The van der Waals surface area contributed by atoms with Crippen molar-refractivity contribution in [1.82, 2.24) is 0 Å². The number of halogens is 1. The fourth-order valence-corrected chi connectivity index (χ4v) is 2.48. The topological polar surface area (TPSA) is 69.4 Å². The van der Waals surface area contributed by atoms with E-state index in [9.17, 15) is 12.8 Å². The first-order chi connectivity index (χ1) is 8.31. The summed E-state index contributed by atoms with van der Waals surface area (Å²) in [6, 6.07) is 4.56. The quantitative estimate of drug-likeness (QED) is 0.861. The molecule has 0 aromatic heterocycles. The van der Waals surface area contributed by atoms with Gasteiger partial charge in [0.2, 0.25) is 10.0 Å². The molecule has 6 heteroatoms. The van der Waals surface area contributed by atoms with Crippen molar-refractivity contribution in [2.24, 2.45) is 11.1 Å². The minimum atomic E-state index is -3.51. The Morgan fingerprint density at radius 3 is 2.61 bits per heavy atom. The average Bonchev–Trinajstić information content (AvgIpc) is 2.27. The van der Waals surface area contributed by atoms with Gasteiger partial charge in [-0.05, 0) is 25.0 Å². The Morgan fingerprint density at radius 2 is 2.11 bits per heavy atom. The molecule has 1 aromatic carbocycles. The number of rotatable bonds is 6. The summed E-state index contributed by atoms with van der Waals surface area (Å²) < 4.78 is 40.6. The number of benzene rings is 1. The number of aryl methyl sites for hydroxylation is 1. The van der Waals surface area contributed by atoms with E-state index in [-0.39, 0.29) is 24.1 Å². The maximum atomic E-state index is 13.3. The van der Waals surface area contributed by atoms with Crippen LogP contribution in [0.15, 0.2) is 18.2 Å². The molecule has 0 saturated carbocycles. The number of nitrogens with two attached hydrogens (primary N) is 1. The zero-order chi connectivity index (χ0) is 13.8. The van der Waals surface area contributed by atoms with Crippen LogP contribution in [-0.2, 0) is 10.0 Å². The van der Waals surface area contributed by atoms with Crippen molar-refractivity contribution in [2.75, 3.05) is 12.4 Å². The number of hydrogen-bond acceptors (Lipinski definition) is 3. The molecule has 102 valence electrons. The summed E-state index contributed by atoms with van der Waals surface area (Å²) in [4.78, 5) is 0. The first-order valence-electron chi connectivity index (χ1n) is 5.71. The van der Waals surface area contributed by atoms with Gasteiger partial charge in [0.15, 0.2) is 0 Å². The van der Waals surface area contributed by atoms with Gasteiger partial charge in [-0.25, -0.2) is 17.9 Å². The molecule has 0 bridgehead atoms. The number of ether oxygens (including phenoxy) is 1. The molecule has 2 N–H and O–H groups in total. The van der Waals surface area contributed by atoms with E-state index in [2.05, 4.69) is 0 Å². The summed E-state index contributed by atoms with van der Waals surface area (Å²) in [7, 11) is -3.51. The van der Waals surface area contributed by atoms with Crippen molar-refractivity contribution in [3.63, 3.8) is 0 Å². The second-order valence-electron chi connectivity index (χ2n) is 4.33. The van der Waals surface area contributed by atoms with Gasteiger partial charge in [0.1, 0.15) is 11.6 Å². The highest BCUT2D eigenvalue weighted by Gasteiger charge is 2.15. The van der Waals surface area contributed by atoms with Gasteiger partial charge in [-0.1, -0.05) is 13.0 Å². The molecule has 1 atom stereocenters. The van der Waals surface area contributed by atoms with Gasteiger partial charge in [-0.2, -0.15) is 0 Å². The SMILES string of the molecule is CCC(COc1ccc(C)c(F)c1)CS(N)(=O)=O. The molecular formula is C12H18FNO3S. The fourth-order valence-electron chi connectivity index (χ4n) is 1.49. The Bertz CT molecular complexity index is 502. The number of hydrogen-bond donors (Lipinski definition) is 1. The lowest BCUT2D eigenvalue weighted by Crippen LogP contribution is -2.26. The molecule has 1 rings (SSSR count). The van der Waals surface area contributed by atoms with Crippen LogP contribution in [0.25, 0.3) is 0 Å². The van der Waals surface area contributed by atoms with E-state index in [1.54, 1.807) is 19.1 Å². The highest BCUT2D eigenvalue weighted by Crippen LogP contribution is 2.17. The molecule has 0 fully saturated rings. The molecular weight excluding hydrogens is 257 g/mol. The van der Waals surface area contributed by atoms with Crippen molar-refractivity contribution in [2.45, 2.75) is 20.3 Å². The number of primary sulfonamides is 1. The van der Waals surface area contributed by atoms with Gasteiger partial charge in [0, 0.05) is 12.0 Å². The first-order valence-corrected chi connectivity index (χ1v) is 7.42. The Labute approximate surface area is 107 Å². The molecule has 0 aliphatic carbocycles. The van der Waals surface area contributed by atoms with Crippen LogP contribution in [-0.4, -0.2) is 20.8 Å². The van der Waals surface area contributed by atoms with Crippen LogP contribution in [0.1, 0.15) is 18.9 Å². The second kappa shape index (κ2) is 6.15. The third-order valence-corrected chi connectivity index (χ3v) is 3.61. The van der Waals surface area contributed by atoms with Crippen molar-refractivity contribution in [1.29, 1.82) is 0 Å². The standard InChI is InChI=1S/C12H18FNO3S/c1-3-10(8-18(14,15)16)7-17-11-5-4-9(2)12(13)6-11/h4-6,10H,3,7-8H2,1-2H3,(H2,14,15,16). The van der Waals surface area contributed by atoms with Crippen LogP contribution in [0, 0.1) is 18.7 Å². The Kier molecular flexibility index (Phi) is 5.10. The lowest BCUT2D eigenvalue weighted by molar-refractivity contribution is 0.256. The molecule has 1 aromatic rings. The summed E-state index contributed by atoms with van der Waals surface area (Å²) in [6.07, 6.45) is 0.630. The van der Waals surface area contributed by atoms with Gasteiger partial charge < -0.3 is 4.74 Å². The second-order valence-corrected chi connectivity index (χ2v) is 5.98. The predicted molar refractivity (Wildman–Crippen MR) is 68.4 cm³/mol. The van der Waals surface area contributed by atoms with Crippen LogP contribution in [0.2, 0.25) is 0 Å². The Morgan fingerprint density at radius 1 is 1.44 bits per heavy atom. The summed E-state index contributed by atoms with van der Waals surface area (Å²) in [5, 5.41) is 4.98. The normalized spacial score (nSPS) is 13.3. The average molecular weight is 275 g/mol. The van der Waals surface area contributed by atoms with E-state index < -0.39 is 10.0 Å². The monoisotopic (exact) mass is 275 g/mol. The fraction of sp³-hybridized carbons (Fsp3) is 0.500. The van der Waals surface area contributed by atoms with Crippen molar-refractivity contribution >= 4 is 10.0 Å². The molecule has 0 heterocycles. The van der Waals surface area contributed by atoms with Crippen LogP contribution < -0.4 is 9.88 Å². The van der Waals surface area contributed by atoms with Crippen molar-refractivity contribution < 1.29 is 17.5 Å². The molecule has 0 saturated heterocycles. The van der Waals surface area contributed by atoms with E-state index in [1.165, 1.54) is 6.07 Å². The van der Waals surface area contributed by atoms with Crippen LogP contribution in [0.4, 0.5) is 4.39 Å². The lowest BCUT2D eigenvalue weighted by atomic mass is 10.1. The van der Waals surface area contributed by atoms with Crippen molar-refractivity contribution in [3.8, 4) is 5.75 Å². The van der Waals surface area contributed by atoms with E-state index >= 15 is 0 Å². The molecule has 18 heavy (non-hydrogen) atoms. The van der Waals surface area contributed by atoms with Crippen LogP contribution >= 0.6 is 0 Å². The minimum Gasteiger partial charge on any atom is -0.493 e. The third kappa shape index (κ3) is 5.01. The highest BCUT2D eigenvalue weighted by molar-refractivity contribution is 7.89. The predicted octanol–water partition coefficient (Wildman–Crippen LogP) is 1.83. The third-order valence-electron chi connectivity index (χ3n) is 2.67. The van der Waals surface area contributed by atoms with Crippen LogP contribution in [0.5, 0.6) is 5.75 Å². The molecule has 1 unspecified atom stereocenters. The van der Waals surface area contributed by atoms with Gasteiger partial charge in [-0.15, -0.1) is 0 Å². The Hall–Kier alpha value is -1.14. The molecule has 0 aliphatic rings. The Balaban J connectivity index is 2.60. The van der Waals surface area contributed by atoms with E-state index in [0.29, 0.717) is 17.7 Å². The van der Waals surface area contributed by atoms with Gasteiger partial charge in [-0.3, -0.25) is 0 Å². The lowest BCUT2D eigenvalue weighted by Gasteiger charge is -2.15. The summed E-state index contributed by atoms with van der Waals surface area (Å²) >= 11 is 0. The maximum Gasteiger partial charge on any atom is 0.209 e. The summed E-state index contributed by atoms with van der Waals surface area (Å²) in [6.45, 7) is 3.72. The smallest absolute Gasteiger partial charge is 0.209 e. The summed E-state index contributed by atoms with van der Waals surface area (Å²) in [5.41, 5.74) is 0.541. The molecule has 0 spiro atoms. The van der Waals surface area contributed by atoms with Gasteiger partial charge in [0.05, 0.1) is 12.4 Å². The van der Waals surface area contributed by atoms with Crippen molar-refractivity contribution in [3.05, 3.63) is 29.6 Å². The zero-order valence-electron chi connectivity index (χ0n) is 10.5. The minimum absolute atomic E-state index is 0.127. The van der Waals surface area contributed by atoms with Gasteiger partial charge >= 0.3 is 0 Å². The molecule has 0 aliphatic heterocycles. The highest BCUT2D eigenvalue weighted by atomic mass is 32.2. The first kappa shape index (κ1) is 14.9. The van der Waals surface area contributed by atoms with E-state index in [0.717, 1.165) is 0 Å². The molecule has 0 radical (unpaired) electrons. The maximum absolute atomic E-state index is 13.3. The summed E-state index contributed by atoms with van der Waals surface area (Å²) in [5.74, 6) is -0.264. The molecule has 4 nitrogen and oxygen atoms in total. The largest absolute Gasteiger partial charge is 0.493 e. The van der Waals surface area contributed by atoms with Crippen LogP contribution in [0.3, 0.4) is 0 Å². The van der Waals surface area contributed by atoms with E-state index in [4.69, 9.17) is 9.88 Å². The zero-order valence-corrected chi connectivity index (χ0v) is 11.3. The number of sulfonamides is 1. The molecule has 0 amide bonds. The van der Waals surface area contributed by atoms with Gasteiger partial charge in [0.25, 0.3) is 0 Å². The van der Waals surface area contributed by atoms with E-state index in [1.807, 2.05) is 6.92 Å².